The first-order valence-corrected chi connectivity index (χ1v) is 10.7. The van der Waals surface area contributed by atoms with E-state index in [1.54, 1.807) is 6.92 Å². The molecule has 5 fully saturated rings. The van der Waals surface area contributed by atoms with Crippen molar-refractivity contribution in [2.75, 3.05) is 32.1 Å². The molecule has 0 aromatic carbocycles. The Labute approximate surface area is 143 Å². The van der Waals surface area contributed by atoms with Crippen molar-refractivity contribution in [3.63, 3.8) is 0 Å². The summed E-state index contributed by atoms with van der Waals surface area (Å²) < 4.78 is 25.5. The van der Waals surface area contributed by atoms with Crippen molar-refractivity contribution in [2.24, 2.45) is 23.7 Å². The van der Waals surface area contributed by atoms with E-state index >= 15 is 0 Å². The highest BCUT2D eigenvalue weighted by Crippen LogP contribution is 2.60. The molecule has 1 aliphatic heterocycles. The zero-order valence-corrected chi connectivity index (χ0v) is 15.0. The van der Waals surface area contributed by atoms with Crippen molar-refractivity contribution in [3.05, 3.63) is 0 Å². The quantitative estimate of drug-likeness (QED) is 0.697. The van der Waals surface area contributed by atoms with Crippen molar-refractivity contribution in [3.8, 4) is 0 Å². The second kappa shape index (κ2) is 6.48. The van der Waals surface area contributed by atoms with Crippen molar-refractivity contribution in [1.29, 1.82) is 0 Å². The number of nitrogens with zero attached hydrogens (tertiary/aromatic N) is 1. The standard InChI is InChI=1S/C16H27NO6S/c1-2-24(18,19)17-3-5-20-22-16(23-21-6-4-17)14-8-12-7-13(10-14)11-15(16)9-12/h12-15H,2-11H2,1H3. The Morgan fingerprint density at radius 2 is 1.42 bits per heavy atom. The van der Waals surface area contributed by atoms with Gasteiger partial charge in [0.1, 0.15) is 0 Å². The molecule has 1 heterocycles. The molecular weight excluding hydrogens is 334 g/mol. The molecule has 8 heteroatoms. The van der Waals surface area contributed by atoms with Crippen molar-refractivity contribution >= 4 is 10.0 Å². The molecule has 0 unspecified atom stereocenters. The summed E-state index contributed by atoms with van der Waals surface area (Å²) in [5.74, 6) is 1.44. The van der Waals surface area contributed by atoms with E-state index in [-0.39, 0.29) is 32.1 Å². The van der Waals surface area contributed by atoms with Gasteiger partial charge in [0, 0.05) is 24.9 Å². The van der Waals surface area contributed by atoms with E-state index in [0.29, 0.717) is 11.8 Å². The first-order chi connectivity index (χ1) is 11.5. The third-order valence-electron chi connectivity index (χ3n) is 6.26. The maximum absolute atomic E-state index is 12.0. The molecule has 0 aromatic heterocycles. The Bertz CT molecular complexity index is 523. The van der Waals surface area contributed by atoms with E-state index in [2.05, 4.69) is 0 Å². The molecule has 4 bridgehead atoms. The van der Waals surface area contributed by atoms with Gasteiger partial charge < -0.3 is 0 Å². The largest absolute Gasteiger partial charge is 0.239 e. The summed E-state index contributed by atoms with van der Waals surface area (Å²) in [5, 5.41) is 0. The molecule has 4 saturated carbocycles. The van der Waals surface area contributed by atoms with Gasteiger partial charge in [-0.3, -0.25) is 0 Å². The molecule has 1 saturated heterocycles. The molecule has 1 spiro atoms. The van der Waals surface area contributed by atoms with Gasteiger partial charge in [0.15, 0.2) is 0 Å². The molecule has 0 aromatic rings. The lowest BCUT2D eigenvalue weighted by Gasteiger charge is -2.58. The Hall–Kier alpha value is -0.250. The maximum Gasteiger partial charge on any atom is 0.239 e. The summed E-state index contributed by atoms with van der Waals surface area (Å²) in [5.41, 5.74) is 0. The highest BCUT2D eigenvalue weighted by atomic mass is 32.2. The summed E-state index contributed by atoms with van der Waals surface area (Å²) in [4.78, 5) is 22.5. The molecule has 0 amide bonds. The SMILES string of the molecule is CCS(=O)(=O)N1CCOOC2(OOCC1)C1CC3CC(C1)CC2C3. The average Bonchev–Trinajstić information content (AvgIpc) is 2.57. The van der Waals surface area contributed by atoms with Gasteiger partial charge in [-0.2, -0.15) is 14.1 Å². The number of hydrogen-bond acceptors (Lipinski definition) is 6. The van der Waals surface area contributed by atoms with E-state index in [4.69, 9.17) is 19.6 Å². The lowest BCUT2D eigenvalue weighted by atomic mass is 9.53. The van der Waals surface area contributed by atoms with E-state index < -0.39 is 15.8 Å². The molecule has 0 N–H and O–H groups in total. The minimum absolute atomic E-state index is 0.0611. The molecule has 138 valence electrons. The number of hydrogen-bond donors (Lipinski definition) is 0. The van der Waals surface area contributed by atoms with E-state index in [0.717, 1.165) is 37.5 Å². The van der Waals surface area contributed by atoms with Gasteiger partial charge in [-0.15, -0.1) is 0 Å². The Kier molecular flexibility index (Phi) is 4.64. The van der Waals surface area contributed by atoms with Crippen LogP contribution in [0.25, 0.3) is 0 Å². The lowest BCUT2D eigenvalue weighted by molar-refractivity contribution is -0.551. The van der Waals surface area contributed by atoms with Crippen LogP contribution in [0.5, 0.6) is 0 Å². The van der Waals surface area contributed by atoms with Crippen LogP contribution in [0.2, 0.25) is 0 Å². The summed E-state index contributed by atoms with van der Waals surface area (Å²) in [7, 11) is -3.28. The summed E-state index contributed by atoms with van der Waals surface area (Å²) >= 11 is 0. The summed E-state index contributed by atoms with van der Waals surface area (Å²) in [6.07, 6.45) is 5.77. The first-order valence-electron chi connectivity index (χ1n) is 9.12. The monoisotopic (exact) mass is 361 g/mol. The topological polar surface area (TPSA) is 74.3 Å². The van der Waals surface area contributed by atoms with Crippen molar-refractivity contribution in [2.45, 2.75) is 44.8 Å². The van der Waals surface area contributed by atoms with Crippen molar-refractivity contribution < 1.29 is 28.0 Å². The van der Waals surface area contributed by atoms with Crippen LogP contribution in [0.15, 0.2) is 0 Å². The van der Waals surface area contributed by atoms with Crippen LogP contribution in [0, 0.1) is 23.7 Å². The Morgan fingerprint density at radius 1 is 0.917 bits per heavy atom. The average molecular weight is 361 g/mol. The third-order valence-corrected chi connectivity index (χ3v) is 8.14. The molecule has 0 radical (unpaired) electrons. The minimum Gasteiger partial charge on any atom is -0.232 e. The fourth-order valence-electron chi connectivity index (χ4n) is 5.25. The lowest BCUT2D eigenvalue weighted by Crippen LogP contribution is -2.60. The predicted octanol–water partition coefficient (Wildman–Crippen LogP) is 1.70. The summed E-state index contributed by atoms with van der Waals surface area (Å²) in [6.45, 7) is 2.59. The fourth-order valence-corrected chi connectivity index (χ4v) is 6.32. The first kappa shape index (κ1) is 17.2. The van der Waals surface area contributed by atoms with Crippen LogP contribution < -0.4 is 0 Å². The third kappa shape index (κ3) is 2.91. The molecule has 0 atom stereocenters. The summed E-state index contributed by atoms with van der Waals surface area (Å²) in [6, 6.07) is 0. The van der Waals surface area contributed by atoms with Gasteiger partial charge in [-0.1, -0.05) is 0 Å². The van der Waals surface area contributed by atoms with E-state index in [1.165, 1.54) is 10.7 Å². The van der Waals surface area contributed by atoms with Gasteiger partial charge in [0.2, 0.25) is 15.8 Å². The van der Waals surface area contributed by atoms with Crippen LogP contribution in [0.3, 0.4) is 0 Å². The molecular formula is C16H27NO6S. The van der Waals surface area contributed by atoms with Gasteiger partial charge in [-0.25, -0.2) is 18.2 Å². The molecule has 4 aliphatic carbocycles. The van der Waals surface area contributed by atoms with Crippen LogP contribution in [0.1, 0.15) is 39.0 Å². The Morgan fingerprint density at radius 3 is 1.88 bits per heavy atom. The molecule has 24 heavy (non-hydrogen) atoms. The van der Waals surface area contributed by atoms with Gasteiger partial charge in [-0.05, 0) is 50.9 Å². The second-order valence-corrected chi connectivity index (χ2v) is 9.89. The van der Waals surface area contributed by atoms with Gasteiger partial charge in [0.25, 0.3) is 0 Å². The zero-order chi connectivity index (χ0) is 16.8. The second-order valence-electron chi connectivity index (χ2n) is 7.64. The van der Waals surface area contributed by atoms with Crippen LogP contribution >= 0.6 is 0 Å². The number of sulfonamides is 1. The highest BCUT2D eigenvalue weighted by molar-refractivity contribution is 7.89. The zero-order valence-electron chi connectivity index (χ0n) is 14.2. The molecule has 5 rings (SSSR count). The minimum atomic E-state index is -3.28. The van der Waals surface area contributed by atoms with Gasteiger partial charge in [0.05, 0.1) is 19.0 Å². The predicted molar refractivity (Wildman–Crippen MR) is 84.9 cm³/mol. The fraction of sp³-hybridized carbons (Fsp3) is 1.00. The van der Waals surface area contributed by atoms with E-state index in [9.17, 15) is 8.42 Å². The van der Waals surface area contributed by atoms with E-state index in [1.807, 2.05) is 0 Å². The smallest absolute Gasteiger partial charge is 0.232 e. The number of rotatable bonds is 2. The van der Waals surface area contributed by atoms with Crippen LogP contribution in [-0.4, -0.2) is 50.6 Å². The molecule has 7 nitrogen and oxygen atoms in total. The Balaban J connectivity index is 1.46. The van der Waals surface area contributed by atoms with Gasteiger partial charge >= 0.3 is 0 Å². The van der Waals surface area contributed by atoms with Crippen LogP contribution in [-0.2, 0) is 29.6 Å². The van der Waals surface area contributed by atoms with Crippen LogP contribution in [0.4, 0.5) is 0 Å². The normalized spacial score (nSPS) is 40.0. The highest BCUT2D eigenvalue weighted by Gasteiger charge is 2.61. The van der Waals surface area contributed by atoms with Crippen molar-refractivity contribution in [1.82, 2.24) is 4.31 Å². The maximum atomic E-state index is 12.0. The molecule has 5 aliphatic rings.